The number of aromatic nitrogens is 2. The van der Waals surface area contributed by atoms with Gasteiger partial charge in [0.2, 0.25) is 0 Å². The van der Waals surface area contributed by atoms with Crippen LogP contribution in [0.25, 0.3) is 0 Å². The SMILES string of the molecule is CCc1cc(C(=O)NCC2(CCl)CC2)n(CC)n1. The average Bonchev–Trinajstić information content (AvgIpc) is 3.06. The van der Waals surface area contributed by atoms with Gasteiger partial charge in [0.05, 0.1) is 5.69 Å². The van der Waals surface area contributed by atoms with Gasteiger partial charge in [-0.1, -0.05) is 6.92 Å². The molecule has 0 spiro atoms. The molecule has 0 bridgehead atoms. The summed E-state index contributed by atoms with van der Waals surface area (Å²) in [6, 6.07) is 1.87. The first kappa shape index (κ1) is 13.4. The number of rotatable bonds is 6. The topological polar surface area (TPSA) is 46.9 Å². The smallest absolute Gasteiger partial charge is 0.269 e. The van der Waals surface area contributed by atoms with Gasteiger partial charge >= 0.3 is 0 Å². The van der Waals surface area contributed by atoms with Crippen LogP contribution in [-0.4, -0.2) is 28.1 Å². The Labute approximate surface area is 113 Å². The van der Waals surface area contributed by atoms with Gasteiger partial charge in [0.25, 0.3) is 5.91 Å². The molecule has 1 aliphatic rings. The van der Waals surface area contributed by atoms with Crippen molar-refractivity contribution in [3.63, 3.8) is 0 Å². The highest BCUT2D eigenvalue weighted by Crippen LogP contribution is 2.45. The lowest BCUT2D eigenvalue weighted by Gasteiger charge is -2.12. The Bertz CT molecular complexity index is 437. The average molecular weight is 270 g/mol. The maximum absolute atomic E-state index is 12.1. The number of alkyl halides is 1. The van der Waals surface area contributed by atoms with Crippen LogP contribution in [0.15, 0.2) is 6.07 Å². The van der Waals surface area contributed by atoms with Gasteiger partial charge in [-0.3, -0.25) is 9.48 Å². The van der Waals surface area contributed by atoms with E-state index in [9.17, 15) is 4.79 Å². The van der Waals surface area contributed by atoms with Crippen LogP contribution < -0.4 is 5.32 Å². The molecule has 1 saturated carbocycles. The van der Waals surface area contributed by atoms with Gasteiger partial charge in [0, 0.05) is 24.4 Å². The van der Waals surface area contributed by atoms with Crippen LogP contribution in [0.3, 0.4) is 0 Å². The van der Waals surface area contributed by atoms with E-state index in [0.717, 1.165) is 25.0 Å². The summed E-state index contributed by atoms with van der Waals surface area (Å²) in [5.74, 6) is 0.584. The molecule has 0 unspecified atom stereocenters. The Morgan fingerprint density at radius 2 is 2.28 bits per heavy atom. The van der Waals surface area contributed by atoms with E-state index in [2.05, 4.69) is 10.4 Å². The van der Waals surface area contributed by atoms with Crippen LogP contribution in [0, 0.1) is 5.41 Å². The highest BCUT2D eigenvalue weighted by molar-refractivity contribution is 6.18. The molecule has 0 atom stereocenters. The third kappa shape index (κ3) is 2.69. The number of hydrogen-bond donors (Lipinski definition) is 1. The molecular weight excluding hydrogens is 250 g/mol. The predicted octanol–water partition coefficient (Wildman–Crippen LogP) is 2.21. The first-order valence-electron chi connectivity index (χ1n) is 6.55. The van der Waals surface area contributed by atoms with E-state index in [-0.39, 0.29) is 11.3 Å². The minimum absolute atomic E-state index is 0.0413. The van der Waals surface area contributed by atoms with Crippen LogP contribution in [0.4, 0.5) is 0 Å². The number of aryl methyl sites for hydroxylation is 2. The Hall–Kier alpha value is -1.03. The van der Waals surface area contributed by atoms with Crippen LogP contribution >= 0.6 is 11.6 Å². The molecule has 5 heteroatoms. The molecule has 1 aromatic heterocycles. The first-order valence-corrected chi connectivity index (χ1v) is 7.08. The van der Waals surface area contributed by atoms with Crippen molar-refractivity contribution in [2.24, 2.45) is 5.41 Å². The molecule has 1 aliphatic carbocycles. The molecule has 0 aliphatic heterocycles. The number of hydrogen-bond acceptors (Lipinski definition) is 2. The van der Waals surface area contributed by atoms with E-state index in [4.69, 9.17) is 11.6 Å². The minimum Gasteiger partial charge on any atom is -0.350 e. The molecule has 0 aromatic carbocycles. The molecule has 1 heterocycles. The van der Waals surface area contributed by atoms with Crippen molar-refractivity contribution in [2.75, 3.05) is 12.4 Å². The summed E-state index contributed by atoms with van der Waals surface area (Å²) < 4.78 is 1.76. The largest absolute Gasteiger partial charge is 0.350 e. The van der Waals surface area contributed by atoms with Crippen LogP contribution in [0.2, 0.25) is 0 Å². The molecular formula is C13H20ClN3O. The normalized spacial score (nSPS) is 16.6. The second-order valence-corrected chi connectivity index (χ2v) is 5.27. The molecule has 1 amide bonds. The fourth-order valence-corrected chi connectivity index (χ4v) is 2.32. The lowest BCUT2D eigenvalue weighted by Crippen LogP contribution is -2.32. The highest BCUT2D eigenvalue weighted by atomic mass is 35.5. The van der Waals surface area contributed by atoms with Crippen molar-refractivity contribution < 1.29 is 4.79 Å². The van der Waals surface area contributed by atoms with E-state index in [1.54, 1.807) is 4.68 Å². The number of nitrogens with one attached hydrogen (secondary N) is 1. The molecule has 2 rings (SSSR count). The van der Waals surface area contributed by atoms with Gasteiger partial charge < -0.3 is 5.32 Å². The highest BCUT2D eigenvalue weighted by Gasteiger charge is 2.41. The quantitative estimate of drug-likeness (QED) is 0.805. The van der Waals surface area contributed by atoms with Crippen LogP contribution in [0.5, 0.6) is 0 Å². The summed E-state index contributed by atoms with van der Waals surface area (Å²) in [6.45, 7) is 5.41. The zero-order valence-corrected chi connectivity index (χ0v) is 11.8. The number of nitrogens with zero attached hydrogens (tertiary/aromatic N) is 2. The second-order valence-electron chi connectivity index (χ2n) is 5.01. The Morgan fingerprint density at radius 1 is 1.56 bits per heavy atom. The van der Waals surface area contributed by atoms with Gasteiger partial charge in [-0.2, -0.15) is 5.10 Å². The maximum atomic E-state index is 12.1. The van der Waals surface area contributed by atoms with E-state index < -0.39 is 0 Å². The zero-order chi connectivity index (χ0) is 13.2. The molecule has 4 nitrogen and oxygen atoms in total. The Kier molecular flexibility index (Phi) is 3.95. The number of carbonyl (C=O) groups excluding carboxylic acids is 1. The summed E-state index contributed by atoms with van der Waals surface area (Å²) in [7, 11) is 0. The predicted molar refractivity (Wildman–Crippen MR) is 72.0 cm³/mol. The third-order valence-electron chi connectivity index (χ3n) is 3.59. The van der Waals surface area contributed by atoms with E-state index in [0.29, 0.717) is 24.7 Å². The summed E-state index contributed by atoms with van der Waals surface area (Å²) in [5.41, 5.74) is 1.77. The van der Waals surface area contributed by atoms with Crippen molar-refractivity contribution in [3.05, 3.63) is 17.5 Å². The van der Waals surface area contributed by atoms with E-state index in [1.165, 1.54) is 0 Å². The Balaban J connectivity index is 2.01. The maximum Gasteiger partial charge on any atom is 0.269 e. The third-order valence-corrected chi connectivity index (χ3v) is 4.16. The fourth-order valence-electron chi connectivity index (χ4n) is 1.96. The van der Waals surface area contributed by atoms with Crippen molar-refractivity contribution in [2.45, 2.75) is 39.7 Å². The van der Waals surface area contributed by atoms with Gasteiger partial charge in [-0.25, -0.2) is 0 Å². The fraction of sp³-hybridized carbons (Fsp3) is 0.692. The lowest BCUT2D eigenvalue weighted by molar-refractivity contribution is 0.0935. The van der Waals surface area contributed by atoms with Gasteiger partial charge in [-0.15, -0.1) is 11.6 Å². The lowest BCUT2D eigenvalue weighted by atomic mass is 10.1. The minimum atomic E-state index is -0.0413. The molecule has 100 valence electrons. The van der Waals surface area contributed by atoms with Crippen molar-refractivity contribution in [1.29, 1.82) is 0 Å². The van der Waals surface area contributed by atoms with Crippen LogP contribution in [0.1, 0.15) is 42.9 Å². The molecule has 18 heavy (non-hydrogen) atoms. The summed E-state index contributed by atoms with van der Waals surface area (Å²) in [6.07, 6.45) is 3.08. The summed E-state index contributed by atoms with van der Waals surface area (Å²) >= 11 is 5.90. The monoisotopic (exact) mass is 269 g/mol. The Morgan fingerprint density at radius 3 is 2.78 bits per heavy atom. The second kappa shape index (κ2) is 5.31. The van der Waals surface area contributed by atoms with Crippen molar-refractivity contribution >= 4 is 17.5 Å². The van der Waals surface area contributed by atoms with E-state index in [1.807, 2.05) is 19.9 Å². The molecule has 1 fully saturated rings. The van der Waals surface area contributed by atoms with Crippen molar-refractivity contribution in [3.8, 4) is 0 Å². The van der Waals surface area contributed by atoms with Gasteiger partial charge in [-0.05, 0) is 32.3 Å². The summed E-state index contributed by atoms with van der Waals surface area (Å²) in [4.78, 5) is 12.1. The molecule has 1 aromatic rings. The van der Waals surface area contributed by atoms with Gasteiger partial charge in [0.15, 0.2) is 0 Å². The molecule has 0 saturated heterocycles. The standard InChI is InChI=1S/C13H20ClN3O/c1-3-10-7-11(17(4-2)16-10)12(18)15-9-13(8-14)5-6-13/h7H,3-6,8-9H2,1-2H3,(H,15,18). The molecule has 0 radical (unpaired) electrons. The van der Waals surface area contributed by atoms with Gasteiger partial charge in [0.1, 0.15) is 5.69 Å². The van der Waals surface area contributed by atoms with E-state index >= 15 is 0 Å². The van der Waals surface area contributed by atoms with Crippen LogP contribution in [-0.2, 0) is 13.0 Å². The first-order chi connectivity index (χ1) is 8.64. The number of carbonyl (C=O) groups is 1. The van der Waals surface area contributed by atoms with Crippen molar-refractivity contribution in [1.82, 2.24) is 15.1 Å². The zero-order valence-electron chi connectivity index (χ0n) is 11.0. The number of amides is 1. The molecule has 1 N–H and O–H groups in total. The summed E-state index contributed by atoms with van der Waals surface area (Å²) in [5, 5.41) is 7.36. The number of halogens is 1.